The van der Waals surface area contributed by atoms with E-state index >= 15 is 0 Å². The molecule has 0 amide bonds. The lowest BCUT2D eigenvalue weighted by molar-refractivity contribution is 0.363. The Labute approximate surface area is 111 Å². The summed E-state index contributed by atoms with van der Waals surface area (Å²) in [6.45, 7) is 13.2. The molecule has 0 atom stereocenters. The summed E-state index contributed by atoms with van der Waals surface area (Å²) < 4.78 is 0. The van der Waals surface area contributed by atoms with Gasteiger partial charge in [-0.2, -0.15) is 0 Å². The van der Waals surface area contributed by atoms with Crippen molar-refractivity contribution in [3.8, 4) is 0 Å². The maximum Gasteiger partial charge on any atom is 0.127 e. The molecule has 1 rings (SSSR count). The van der Waals surface area contributed by atoms with Gasteiger partial charge in [0.15, 0.2) is 0 Å². The first-order valence-corrected chi connectivity index (χ1v) is 6.93. The zero-order valence-corrected chi connectivity index (χ0v) is 12.3. The Morgan fingerprint density at radius 3 is 2.44 bits per heavy atom. The fraction of sp³-hybridized carbons (Fsp3) is 0.733. The Morgan fingerprint density at radius 2 is 2.06 bits per heavy atom. The van der Waals surface area contributed by atoms with Crippen molar-refractivity contribution in [1.82, 2.24) is 5.32 Å². The van der Waals surface area contributed by atoms with E-state index in [1.54, 1.807) is 0 Å². The minimum atomic E-state index is 0.234. The molecule has 1 fully saturated rings. The average molecular weight is 249 g/mol. The van der Waals surface area contributed by atoms with Crippen LogP contribution in [0, 0.1) is 5.41 Å². The minimum Gasteiger partial charge on any atom is -0.367 e. The number of hydrogen-bond donors (Lipinski definition) is 1. The Kier molecular flexibility index (Phi) is 5.57. The van der Waals surface area contributed by atoms with Crippen LogP contribution in [0.4, 0.5) is 0 Å². The highest BCUT2D eigenvalue weighted by Gasteiger charge is 2.17. The van der Waals surface area contributed by atoms with Crippen LogP contribution in [0.5, 0.6) is 0 Å². The largest absolute Gasteiger partial charge is 0.367 e. The molecule has 0 bridgehead atoms. The van der Waals surface area contributed by atoms with E-state index in [-0.39, 0.29) is 5.41 Å². The molecule has 0 heterocycles. The fourth-order valence-electron chi connectivity index (χ4n) is 1.65. The molecule has 3 nitrogen and oxygen atoms in total. The highest BCUT2D eigenvalue weighted by molar-refractivity contribution is 5.95. The quantitative estimate of drug-likeness (QED) is 0.718. The fourth-order valence-corrected chi connectivity index (χ4v) is 1.65. The Hall–Kier alpha value is -1.12. The molecule has 0 aliphatic heterocycles. The zero-order chi connectivity index (χ0) is 13.6. The van der Waals surface area contributed by atoms with E-state index < -0.39 is 0 Å². The molecule has 1 aliphatic carbocycles. The van der Waals surface area contributed by atoms with E-state index in [0.717, 1.165) is 24.5 Å². The standard InChI is InChI=1S/C15H27N3/c1-6-12(17-11-15(2,3)4)10-14(16-5)18-13-8-7-9-13/h10,13,18H,5-9,11H2,1-4H3/b14-10+,17-12-. The molecule has 0 spiro atoms. The molecule has 1 saturated carbocycles. The van der Waals surface area contributed by atoms with E-state index in [1.807, 2.05) is 6.08 Å². The number of rotatable bonds is 6. The number of nitrogens with zero attached hydrogens (tertiary/aromatic N) is 2. The predicted molar refractivity (Wildman–Crippen MR) is 80.5 cm³/mol. The summed E-state index contributed by atoms with van der Waals surface area (Å²) in [5, 5.41) is 3.42. The SMILES string of the molecule is C=N/C(=C\C(CC)=N/CC(C)(C)C)NC1CCC1. The van der Waals surface area contributed by atoms with Crippen molar-refractivity contribution < 1.29 is 0 Å². The molecule has 1 aliphatic rings. The molecular formula is C15H27N3. The van der Waals surface area contributed by atoms with Gasteiger partial charge < -0.3 is 5.32 Å². The first-order valence-electron chi connectivity index (χ1n) is 6.93. The first kappa shape index (κ1) is 14.9. The van der Waals surface area contributed by atoms with Crippen LogP contribution in [0.25, 0.3) is 0 Å². The van der Waals surface area contributed by atoms with Crippen molar-refractivity contribution >= 4 is 12.4 Å². The van der Waals surface area contributed by atoms with Crippen LogP contribution in [-0.4, -0.2) is 25.0 Å². The maximum absolute atomic E-state index is 4.66. The second-order valence-electron chi connectivity index (χ2n) is 6.18. The third-order valence-electron chi connectivity index (χ3n) is 3.05. The van der Waals surface area contributed by atoms with Gasteiger partial charge in [0.1, 0.15) is 5.82 Å². The van der Waals surface area contributed by atoms with Gasteiger partial charge in [0.25, 0.3) is 0 Å². The summed E-state index contributed by atoms with van der Waals surface area (Å²) in [7, 11) is 0. The molecule has 1 N–H and O–H groups in total. The molecule has 0 aromatic heterocycles. The predicted octanol–water partition coefficient (Wildman–Crippen LogP) is 3.57. The van der Waals surface area contributed by atoms with Crippen LogP contribution in [0.3, 0.4) is 0 Å². The van der Waals surface area contributed by atoms with Crippen LogP contribution < -0.4 is 5.32 Å². The van der Waals surface area contributed by atoms with Crippen LogP contribution in [0.2, 0.25) is 0 Å². The molecule has 0 unspecified atom stereocenters. The number of hydrogen-bond acceptors (Lipinski definition) is 3. The summed E-state index contributed by atoms with van der Waals surface area (Å²) >= 11 is 0. The molecular weight excluding hydrogens is 222 g/mol. The normalized spacial score (nSPS) is 18.4. The van der Waals surface area contributed by atoms with Crippen molar-refractivity contribution in [2.75, 3.05) is 6.54 Å². The van der Waals surface area contributed by atoms with Crippen molar-refractivity contribution in [1.29, 1.82) is 0 Å². The molecule has 0 saturated heterocycles. The van der Waals surface area contributed by atoms with Gasteiger partial charge in [-0.1, -0.05) is 27.7 Å². The zero-order valence-electron chi connectivity index (χ0n) is 12.3. The van der Waals surface area contributed by atoms with Crippen molar-refractivity contribution in [2.45, 2.75) is 59.4 Å². The van der Waals surface area contributed by atoms with Gasteiger partial charge in [-0.3, -0.25) is 4.99 Å². The Morgan fingerprint density at radius 1 is 1.39 bits per heavy atom. The number of nitrogens with one attached hydrogen (secondary N) is 1. The molecule has 102 valence electrons. The maximum atomic E-state index is 4.66. The lowest BCUT2D eigenvalue weighted by Crippen LogP contribution is -2.34. The second-order valence-corrected chi connectivity index (χ2v) is 6.18. The van der Waals surface area contributed by atoms with Crippen LogP contribution in [0.1, 0.15) is 53.4 Å². The van der Waals surface area contributed by atoms with Gasteiger partial charge in [0.2, 0.25) is 0 Å². The first-order chi connectivity index (χ1) is 8.44. The summed E-state index contributed by atoms with van der Waals surface area (Å²) in [5.41, 5.74) is 1.33. The summed E-state index contributed by atoms with van der Waals surface area (Å²) in [5.74, 6) is 0.870. The highest BCUT2D eigenvalue weighted by atomic mass is 15.1. The molecule has 0 aromatic rings. The van der Waals surface area contributed by atoms with Crippen LogP contribution in [0.15, 0.2) is 21.9 Å². The summed E-state index contributed by atoms with van der Waals surface area (Å²) in [4.78, 5) is 8.73. The van der Waals surface area contributed by atoms with E-state index in [2.05, 4.69) is 49.7 Å². The van der Waals surface area contributed by atoms with E-state index in [1.165, 1.54) is 19.3 Å². The third kappa shape index (κ3) is 5.48. The van der Waals surface area contributed by atoms with E-state index in [0.29, 0.717) is 6.04 Å². The van der Waals surface area contributed by atoms with Crippen LogP contribution in [-0.2, 0) is 0 Å². The lowest BCUT2D eigenvalue weighted by Gasteiger charge is -2.27. The van der Waals surface area contributed by atoms with Crippen LogP contribution >= 0.6 is 0 Å². The minimum absolute atomic E-state index is 0.234. The Bertz CT molecular complexity index is 330. The third-order valence-corrected chi connectivity index (χ3v) is 3.05. The molecule has 0 aromatic carbocycles. The van der Waals surface area contributed by atoms with Crippen molar-refractivity contribution in [3.05, 3.63) is 11.9 Å². The number of allylic oxidation sites excluding steroid dienone is 1. The average Bonchev–Trinajstić information content (AvgIpc) is 2.24. The molecule has 3 heteroatoms. The Balaban J connectivity index is 2.63. The second kappa shape index (κ2) is 6.72. The summed E-state index contributed by atoms with van der Waals surface area (Å²) in [6, 6.07) is 0.586. The van der Waals surface area contributed by atoms with Gasteiger partial charge in [0.05, 0.1) is 0 Å². The molecule has 0 radical (unpaired) electrons. The van der Waals surface area contributed by atoms with E-state index in [4.69, 9.17) is 0 Å². The van der Waals surface area contributed by atoms with Gasteiger partial charge in [-0.15, -0.1) is 0 Å². The lowest BCUT2D eigenvalue weighted by atomic mass is 9.93. The topological polar surface area (TPSA) is 36.8 Å². The van der Waals surface area contributed by atoms with Crippen molar-refractivity contribution in [2.24, 2.45) is 15.4 Å². The smallest absolute Gasteiger partial charge is 0.127 e. The summed E-state index contributed by atoms with van der Waals surface area (Å²) in [6.07, 6.45) is 6.78. The van der Waals surface area contributed by atoms with E-state index in [9.17, 15) is 0 Å². The number of aliphatic imine (C=N–C) groups is 2. The van der Waals surface area contributed by atoms with Gasteiger partial charge in [-0.05, 0) is 37.8 Å². The monoisotopic (exact) mass is 249 g/mol. The van der Waals surface area contributed by atoms with Gasteiger partial charge in [0, 0.05) is 24.4 Å². The molecule has 18 heavy (non-hydrogen) atoms. The van der Waals surface area contributed by atoms with Gasteiger partial charge >= 0.3 is 0 Å². The van der Waals surface area contributed by atoms with Crippen molar-refractivity contribution in [3.63, 3.8) is 0 Å². The highest BCUT2D eigenvalue weighted by Crippen LogP contribution is 2.19. The van der Waals surface area contributed by atoms with Gasteiger partial charge in [-0.25, -0.2) is 4.99 Å².